The van der Waals surface area contributed by atoms with Gasteiger partial charge in [0.15, 0.2) is 12.4 Å². The van der Waals surface area contributed by atoms with Crippen LogP contribution in [0.4, 0.5) is 5.69 Å². The van der Waals surface area contributed by atoms with E-state index in [0.717, 1.165) is 24.1 Å². The Kier molecular flexibility index (Phi) is 7.22. The molecule has 1 N–H and O–H groups in total. The molecular weight excluding hydrogens is 432 g/mol. The second kappa shape index (κ2) is 10.7. The average molecular weight is 459 g/mol. The summed E-state index contributed by atoms with van der Waals surface area (Å²) in [6.45, 7) is 2.85. The van der Waals surface area contributed by atoms with Gasteiger partial charge in [-0.1, -0.05) is 42.0 Å². The van der Waals surface area contributed by atoms with Crippen molar-refractivity contribution in [1.29, 1.82) is 0 Å². The van der Waals surface area contributed by atoms with Crippen molar-refractivity contribution in [3.63, 3.8) is 0 Å². The fraction of sp³-hybridized carbons (Fsp3) is 0.222. The van der Waals surface area contributed by atoms with Gasteiger partial charge < -0.3 is 19.7 Å². The Bertz CT molecular complexity index is 1170. The fourth-order valence-corrected chi connectivity index (χ4v) is 3.63. The summed E-state index contributed by atoms with van der Waals surface area (Å²) in [5.41, 5.74) is 2.87. The molecule has 7 nitrogen and oxygen atoms in total. The van der Waals surface area contributed by atoms with Gasteiger partial charge in [0.1, 0.15) is 5.75 Å². The Balaban J connectivity index is 1.29. The highest BCUT2D eigenvalue weighted by molar-refractivity contribution is 5.96. The second-order valence-electron chi connectivity index (χ2n) is 8.15. The zero-order valence-corrected chi connectivity index (χ0v) is 19.0. The minimum atomic E-state index is -0.594. The first kappa shape index (κ1) is 23.0. The number of benzene rings is 3. The number of esters is 1. The summed E-state index contributed by atoms with van der Waals surface area (Å²) in [6, 6.07) is 21.5. The number of hydrogen-bond acceptors (Lipinski definition) is 5. The molecule has 1 aliphatic rings. The Morgan fingerprint density at radius 2 is 1.71 bits per heavy atom. The summed E-state index contributed by atoms with van der Waals surface area (Å²) in [5, 5.41) is 2.72. The van der Waals surface area contributed by atoms with E-state index in [4.69, 9.17) is 9.47 Å². The number of carbonyl (C=O) groups is 3. The maximum absolute atomic E-state index is 12.4. The van der Waals surface area contributed by atoms with E-state index in [1.165, 1.54) is 0 Å². The van der Waals surface area contributed by atoms with Gasteiger partial charge in [-0.25, -0.2) is 4.79 Å². The fourth-order valence-electron chi connectivity index (χ4n) is 3.63. The van der Waals surface area contributed by atoms with Crippen molar-refractivity contribution in [2.75, 3.05) is 18.5 Å². The summed E-state index contributed by atoms with van der Waals surface area (Å²) in [7, 11) is 0. The minimum absolute atomic E-state index is 0.153. The van der Waals surface area contributed by atoms with Gasteiger partial charge in [0.25, 0.3) is 5.91 Å². The van der Waals surface area contributed by atoms with Crippen molar-refractivity contribution in [3.05, 3.63) is 89.5 Å². The third-order valence-electron chi connectivity index (χ3n) is 5.48. The van der Waals surface area contributed by atoms with Crippen molar-refractivity contribution in [1.82, 2.24) is 4.90 Å². The largest absolute Gasteiger partial charge is 0.455 e. The van der Waals surface area contributed by atoms with Crippen LogP contribution in [0.25, 0.3) is 0 Å². The summed E-state index contributed by atoms with van der Waals surface area (Å²) in [4.78, 5) is 38.3. The van der Waals surface area contributed by atoms with Crippen LogP contribution in [0.15, 0.2) is 72.8 Å². The SMILES string of the molecule is Cc1ccc(Oc2ccccc2NC(=O)COC(=O)c2ccc(CN3CCCC3=O)cc2)cc1. The molecule has 0 aliphatic carbocycles. The minimum Gasteiger partial charge on any atom is -0.455 e. The van der Waals surface area contributed by atoms with Crippen molar-refractivity contribution < 1.29 is 23.9 Å². The molecule has 0 saturated carbocycles. The first-order valence-electron chi connectivity index (χ1n) is 11.2. The van der Waals surface area contributed by atoms with E-state index in [1.54, 1.807) is 47.4 Å². The van der Waals surface area contributed by atoms with E-state index in [1.807, 2.05) is 37.3 Å². The summed E-state index contributed by atoms with van der Waals surface area (Å²) < 4.78 is 11.0. The van der Waals surface area contributed by atoms with Crippen LogP contribution in [0.3, 0.4) is 0 Å². The lowest BCUT2D eigenvalue weighted by atomic mass is 10.1. The molecule has 0 atom stereocenters. The molecule has 7 heteroatoms. The van der Waals surface area contributed by atoms with Crippen LogP contribution in [0.2, 0.25) is 0 Å². The third-order valence-corrected chi connectivity index (χ3v) is 5.48. The smallest absolute Gasteiger partial charge is 0.338 e. The molecule has 0 unspecified atom stereocenters. The highest BCUT2D eigenvalue weighted by atomic mass is 16.5. The predicted octanol–water partition coefficient (Wildman–Crippen LogP) is 4.71. The van der Waals surface area contributed by atoms with Crippen molar-refractivity contribution in [3.8, 4) is 11.5 Å². The van der Waals surface area contributed by atoms with E-state index in [2.05, 4.69) is 5.32 Å². The average Bonchev–Trinajstić information content (AvgIpc) is 3.25. The van der Waals surface area contributed by atoms with Gasteiger partial charge in [0, 0.05) is 19.5 Å². The number of hydrogen-bond donors (Lipinski definition) is 1. The molecule has 34 heavy (non-hydrogen) atoms. The van der Waals surface area contributed by atoms with Crippen molar-refractivity contribution >= 4 is 23.5 Å². The molecule has 0 bridgehead atoms. The summed E-state index contributed by atoms with van der Waals surface area (Å²) in [6.07, 6.45) is 1.48. The molecule has 0 spiro atoms. The van der Waals surface area contributed by atoms with Gasteiger partial charge >= 0.3 is 5.97 Å². The summed E-state index contributed by atoms with van der Waals surface area (Å²) >= 11 is 0. The molecule has 0 aromatic heterocycles. The maximum Gasteiger partial charge on any atom is 0.338 e. The standard InChI is InChI=1S/C27H26N2O5/c1-19-8-14-22(15-9-19)34-24-6-3-2-5-23(24)28-25(30)18-33-27(32)21-12-10-20(11-13-21)17-29-16-4-7-26(29)31/h2-3,5-6,8-15H,4,7,16-18H2,1H3,(H,28,30). The molecule has 1 saturated heterocycles. The van der Waals surface area contributed by atoms with Crippen LogP contribution in [-0.2, 0) is 20.9 Å². The van der Waals surface area contributed by atoms with Gasteiger partial charge in [-0.05, 0) is 55.3 Å². The lowest BCUT2D eigenvalue weighted by molar-refractivity contribution is -0.128. The monoisotopic (exact) mass is 458 g/mol. The van der Waals surface area contributed by atoms with Crippen LogP contribution in [0.5, 0.6) is 11.5 Å². The van der Waals surface area contributed by atoms with E-state index in [0.29, 0.717) is 35.7 Å². The van der Waals surface area contributed by atoms with Crippen LogP contribution in [-0.4, -0.2) is 35.8 Å². The topological polar surface area (TPSA) is 84.9 Å². The number of anilines is 1. The third kappa shape index (κ3) is 6.01. The molecule has 1 aliphatic heterocycles. The van der Waals surface area contributed by atoms with E-state index in [-0.39, 0.29) is 5.91 Å². The Morgan fingerprint density at radius 3 is 2.41 bits per heavy atom. The van der Waals surface area contributed by atoms with E-state index < -0.39 is 18.5 Å². The lowest BCUT2D eigenvalue weighted by Crippen LogP contribution is -2.23. The van der Waals surface area contributed by atoms with Crippen LogP contribution in [0.1, 0.15) is 34.3 Å². The maximum atomic E-state index is 12.4. The Morgan fingerprint density at radius 1 is 0.971 bits per heavy atom. The number of para-hydroxylation sites is 2. The highest BCUT2D eigenvalue weighted by Crippen LogP contribution is 2.29. The van der Waals surface area contributed by atoms with Crippen molar-refractivity contribution in [2.24, 2.45) is 0 Å². The van der Waals surface area contributed by atoms with Gasteiger partial charge in [-0.3, -0.25) is 9.59 Å². The van der Waals surface area contributed by atoms with Gasteiger partial charge in [-0.15, -0.1) is 0 Å². The predicted molar refractivity (Wildman–Crippen MR) is 128 cm³/mol. The number of likely N-dealkylation sites (tertiary alicyclic amines) is 1. The van der Waals surface area contributed by atoms with Gasteiger partial charge in [-0.2, -0.15) is 0 Å². The van der Waals surface area contributed by atoms with Crippen molar-refractivity contribution in [2.45, 2.75) is 26.3 Å². The van der Waals surface area contributed by atoms with Gasteiger partial charge in [0.05, 0.1) is 11.3 Å². The quantitative estimate of drug-likeness (QED) is 0.495. The van der Waals surface area contributed by atoms with Gasteiger partial charge in [0.2, 0.25) is 5.91 Å². The molecule has 174 valence electrons. The number of ether oxygens (including phenoxy) is 2. The number of nitrogens with one attached hydrogen (secondary N) is 1. The molecule has 3 aromatic rings. The number of carbonyl (C=O) groups excluding carboxylic acids is 3. The number of rotatable bonds is 8. The lowest BCUT2D eigenvalue weighted by Gasteiger charge is -2.15. The summed E-state index contributed by atoms with van der Waals surface area (Å²) in [5.74, 6) is 0.218. The number of amides is 2. The van der Waals surface area contributed by atoms with E-state index in [9.17, 15) is 14.4 Å². The Hall–Kier alpha value is -4.13. The Labute approximate surface area is 198 Å². The van der Waals surface area contributed by atoms with Crippen LogP contribution < -0.4 is 10.1 Å². The van der Waals surface area contributed by atoms with E-state index >= 15 is 0 Å². The molecule has 0 radical (unpaired) electrons. The second-order valence-corrected chi connectivity index (χ2v) is 8.15. The van der Waals surface area contributed by atoms with Crippen LogP contribution >= 0.6 is 0 Å². The molecule has 2 amide bonds. The normalized spacial score (nSPS) is 13.0. The first-order chi connectivity index (χ1) is 16.5. The first-order valence-corrected chi connectivity index (χ1v) is 11.2. The van der Waals surface area contributed by atoms with Crippen LogP contribution in [0, 0.1) is 6.92 Å². The number of aryl methyl sites for hydroxylation is 1. The highest BCUT2D eigenvalue weighted by Gasteiger charge is 2.20. The molecule has 1 heterocycles. The zero-order chi connectivity index (χ0) is 23.9. The number of nitrogens with zero attached hydrogens (tertiary/aromatic N) is 1. The molecule has 4 rings (SSSR count). The molecular formula is C27H26N2O5. The molecule has 1 fully saturated rings. The zero-order valence-electron chi connectivity index (χ0n) is 19.0. The molecule has 3 aromatic carbocycles.